The number of nitrogens with zero attached hydrogens (tertiary/aromatic N) is 3. The Labute approximate surface area is 198 Å². The van der Waals surface area contributed by atoms with Crippen LogP contribution in [0.5, 0.6) is 0 Å². The Bertz CT molecular complexity index is 1090. The van der Waals surface area contributed by atoms with Crippen molar-refractivity contribution in [3.63, 3.8) is 0 Å². The van der Waals surface area contributed by atoms with E-state index in [4.69, 9.17) is 33.8 Å². The van der Waals surface area contributed by atoms with Crippen LogP contribution in [0.25, 0.3) is 0 Å². The van der Waals surface area contributed by atoms with Crippen LogP contribution >= 0.6 is 43.5 Å². The van der Waals surface area contributed by atoms with E-state index < -0.39 is 34.8 Å². The minimum atomic E-state index is -1.21. The number of aliphatic imine (C=N–C) groups is 2. The average molecular weight is 578 g/mol. The van der Waals surface area contributed by atoms with Gasteiger partial charge in [0, 0.05) is 18.0 Å². The summed E-state index contributed by atoms with van der Waals surface area (Å²) < 4.78 is 1.34. The number of fused-ring (bicyclic) bond motifs is 4. The number of alkyl halides is 1. The van der Waals surface area contributed by atoms with Crippen LogP contribution in [0.4, 0.5) is 0 Å². The molecule has 14 heteroatoms. The van der Waals surface area contributed by atoms with Gasteiger partial charge in [-0.3, -0.25) is 4.79 Å². The first kappa shape index (κ1) is 20.1. The third-order valence-corrected chi connectivity index (χ3v) is 10.3. The van der Waals surface area contributed by atoms with E-state index >= 15 is 0 Å². The predicted molar refractivity (Wildman–Crippen MR) is 120 cm³/mol. The Kier molecular flexibility index (Phi) is 3.93. The lowest BCUT2D eigenvalue weighted by Gasteiger charge is -2.51. The number of hydrogen-bond donors (Lipinski definition) is 7. The quantitative estimate of drug-likeness (QED) is 0.210. The molecule has 0 unspecified atom stereocenters. The number of aromatic nitrogens is 1. The van der Waals surface area contributed by atoms with Gasteiger partial charge in [0.25, 0.3) is 5.91 Å². The topological polar surface area (TPSA) is 183 Å². The molecule has 1 saturated heterocycles. The summed E-state index contributed by atoms with van der Waals surface area (Å²) in [5.74, 6) is -0.644. The number of rotatable bonds is 1. The molecule has 0 aromatic carbocycles. The fraction of sp³-hybridized carbons (Fsp3) is 0.588. The normalized spacial score (nSPS) is 44.4. The molecule has 1 aliphatic carbocycles. The van der Waals surface area contributed by atoms with Crippen LogP contribution in [0.1, 0.15) is 22.1 Å². The number of H-pyrrole nitrogens is 1. The summed E-state index contributed by atoms with van der Waals surface area (Å²) in [5, 5.41) is 17.0. The van der Waals surface area contributed by atoms with Gasteiger partial charge in [0.05, 0.1) is 14.5 Å². The highest BCUT2D eigenvalue weighted by Crippen LogP contribution is 2.65. The van der Waals surface area contributed by atoms with Crippen LogP contribution in [-0.2, 0) is 0 Å². The van der Waals surface area contributed by atoms with Gasteiger partial charge in [-0.05, 0) is 50.2 Å². The Balaban J connectivity index is 1.62. The van der Waals surface area contributed by atoms with Crippen LogP contribution in [0.15, 0.2) is 19.1 Å². The Morgan fingerprint density at radius 3 is 2.61 bits per heavy atom. The molecule has 5 aliphatic rings. The summed E-state index contributed by atoms with van der Waals surface area (Å²) in [6.07, 6.45) is -1.21. The number of aliphatic hydroxyl groups excluding tert-OH is 1. The lowest BCUT2D eigenvalue weighted by molar-refractivity contribution is -0.0124. The monoisotopic (exact) mass is 575 g/mol. The molecule has 166 valence electrons. The maximum Gasteiger partial charge on any atom is 0.272 e. The number of nitrogens with two attached hydrogens (primary N) is 3. The minimum absolute atomic E-state index is 0.0984. The molecule has 1 aromatic heterocycles. The second-order valence-corrected chi connectivity index (χ2v) is 10.8. The standard InChI is InChI=1S/C17H20Br2ClN9O2/c18-6-5-7(24-11(6)19)12(30)29-2-4-3(1-21)9(20)16(13(31)26-15(23)27-16)8(4)17(29)10(5)25-14(22)28-17/h3-4,8-10,13,24,31H,1-2,21H2,(H3,22,25,28)(H3,23,26,27)/t3-,4+,8+,9+,10+,13+,16+,17-/m1/s1. The van der Waals surface area contributed by atoms with Gasteiger partial charge in [0.1, 0.15) is 22.9 Å². The first-order valence-electron chi connectivity index (χ1n) is 9.82. The SMILES string of the molecule is NC[C@@H]1[C@@H]2CN3C(=O)c4[nH]c(Br)c(Br)c4[C@@H]4N=C(N)N[C@@]43[C@@H]2[C@]2(NC(N)=N[C@H]2O)[C@H]1Cl. The molecular weight excluding hydrogens is 558 g/mol. The summed E-state index contributed by atoms with van der Waals surface area (Å²) in [6.45, 7) is 0.662. The third-order valence-electron chi connectivity index (χ3n) is 7.62. The molecule has 6 rings (SSSR count). The second kappa shape index (κ2) is 6.07. The van der Waals surface area contributed by atoms with Crippen LogP contribution in [0.2, 0.25) is 0 Å². The molecule has 1 amide bonds. The van der Waals surface area contributed by atoms with Crippen LogP contribution < -0.4 is 27.8 Å². The van der Waals surface area contributed by atoms with Gasteiger partial charge in [0.2, 0.25) is 0 Å². The van der Waals surface area contributed by atoms with Gasteiger partial charge < -0.3 is 42.8 Å². The molecule has 4 aliphatic heterocycles. The molecule has 8 atom stereocenters. The Hall–Kier alpha value is -1.54. The minimum Gasteiger partial charge on any atom is -0.370 e. The van der Waals surface area contributed by atoms with Crippen LogP contribution in [-0.4, -0.2) is 68.7 Å². The van der Waals surface area contributed by atoms with E-state index in [1.54, 1.807) is 4.90 Å². The fourth-order valence-corrected chi connectivity index (χ4v) is 8.19. The molecule has 1 saturated carbocycles. The number of carbonyl (C=O) groups excluding carboxylic acids is 1. The highest BCUT2D eigenvalue weighted by Gasteiger charge is 2.79. The zero-order chi connectivity index (χ0) is 22.0. The molecule has 0 bridgehead atoms. The van der Waals surface area contributed by atoms with Crippen molar-refractivity contribution in [3.8, 4) is 0 Å². The van der Waals surface area contributed by atoms with Crippen LogP contribution in [0.3, 0.4) is 0 Å². The average Bonchev–Trinajstić information content (AvgIpc) is 3.43. The van der Waals surface area contributed by atoms with Crippen molar-refractivity contribution < 1.29 is 9.90 Å². The fourth-order valence-electron chi connectivity index (χ4n) is 6.67. The van der Waals surface area contributed by atoms with Crippen molar-refractivity contribution >= 4 is 61.3 Å². The molecular formula is C17H20Br2ClN9O2. The van der Waals surface area contributed by atoms with E-state index in [1.807, 2.05) is 0 Å². The summed E-state index contributed by atoms with van der Waals surface area (Å²) in [6, 6.07) is -0.541. The van der Waals surface area contributed by atoms with Gasteiger partial charge in [-0.2, -0.15) is 0 Å². The van der Waals surface area contributed by atoms with Crippen molar-refractivity contribution in [1.29, 1.82) is 0 Å². The van der Waals surface area contributed by atoms with Crippen molar-refractivity contribution in [2.45, 2.75) is 28.8 Å². The lowest BCUT2D eigenvalue weighted by Crippen LogP contribution is -2.73. The number of hydrogen-bond acceptors (Lipinski definition) is 9. The van der Waals surface area contributed by atoms with E-state index in [2.05, 4.69) is 52.5 Å². The summed E-state index contributed by atoms with van der Waals surface area (Å²) >= 11 is 14.0. The van der Waals surface area contributed by atoms with E-state index in [1.165, 1.54) is 0 Å². The third kappa shape index (κ3) is 2.06. The summed E-state index contributed by atoms with van der Waals surface area (Å²) in [4.78, 5) is 27.4. The lowest BCUT2D eigenvalue weighted by atomic mass is 9.70. The molecule has 1 aromatic rings. The predicted octanol–water partition coefficient (Wildman–Crippen LogP) is -0.932. The summed E-state index contributed by atoms with van der Waals surface area (Å²) in [5.41, 5.74) is 17.3. The van der Waals surface area contributed by atoms with E-state index in [9.17, 15) is 9.90 Å². The number of carbonyl (C=O) groups is 1. The zero-order valence-electron chi connectivity index (χ0n) is 15.9. The first-order valence-corrected chi connectivity index (χ1v) is 11.8. The molecule has 2 fully saturated rings. The zero-order valence-corrected chi connectivity index (χ0v) is 19.9. The second-order valence-electron chi connectivity index (χ2n) is 8.71. The Morgan fingerprint density at radius 1 is 1.26 bits per heavy atom. The maximum absolute atomic E-state index is 13.7. The number of aliphatic hydroxyl groups is 1. The van der Waals surface area contributed by atoms with Gasteiger partial charge in [0.15, 0.2) is 18.1 Å². The van der Waals surface area contributed by atoms with Gasteiger partial charge in [-0.25, -0.2) is 9.98 Å². The molecule has 2 spiro atoms. The highest BCUT2D eigenvalue weighted by molar-refractivity contribution is 9.13. The molecule has 0 radical (unpaired) electrons. The van der Waals surface area contributed by atoms with Crippen molar-refractivity contribution in [2.24, 2.45) is 44.9 Å². The van der Waals surface area contributed by atoms with Crippen molar-refractivity contribution in [2.75, 3.05) is 13.1 Å². The number of aromatic amines is 1. The molecule has 11 nitrogen and oxygen atoms in total. The molecule has 10 N–H and O–H groups in total. The smallest absolute Gasteiger partial charge is 0.272 e. The van der Waals surface area contributed by atoms with Gasteiger partial charge >= 0.3 is 0 Å². The van der Waals surface area contributed by atoms with Crippen molar-refractivity contribution in [3.05, 3.63) is 20.3 Å². The number of amides is 1. The van der Waals surface area contributed by atoms with Gasteiger partial charge in [-0.1, -0.05) is 0 Å². The number of guanidine groups is 2. The van der Waals surface area contributed by atoms with E-state index in [0.717, 1.165) is 0 Å². The number of halogens is 3. The van der Waals surface area contributed by atoms with Crippen LogP contribution in [0, 0.1) is 17.8 Å². The molecule has 5 heterocycles. The van der Waals surface area contributed by atoms with Gasteiger partial charge in [-0.15, -0.1) is 11.6 Å². The first-order chi connectivity index (χ1) is 14.7. The van der Waals surface area contributed by atoms with E-state index in [-0.39, 0.29) is 36.2 Å². The van der Waals surface area contributed by atoms with Crippen molar-refractivity contribution in [1.82, 2.24) is 20.5 Å². The number of nitrogens with one attached hydrogen (secondary N) is 3. The summed E-state index contributed by atoms with van der Waals surface area (Å²) in [7, 11) is 0. The molecule has 31 heavy (non-hydrogen) atoms. The Morgan fingerprint density at radius 2 is 1.97 bits per heavy atom. The maximum atomic E-state index is 13.7. The largest absolute Gasteiger partial charge is 0.370 e. The highest BCUT2D eigenvalue weighted by atomic mass is 79.9. The van der Waals surface area contributed by atoms with E-state index in [0.29, 0.717) is 26.9 Å².